The second kappa shape index (κ2) is 11.6. The number of morpholine rings is 1. The maximum atomic E-state index is 11.9. The van der Waals surface area contributed by atoms with E-state index < -0.39 is 6.04 Å². The van der Waals surface area contributed by atoms with Gasteiger partial charge in [0.25, 0.3) is 0 Å². The van der Waals surface area contributed by atoms with Crippen molar-refractivity contribution in [3.05, 3.63) is 29.8 Å². The van der Waals surface area contributed by atoms with Crippen LogP contribution in [0.3, 0.4) is 0 Å². The van der Waals surface area contributed by atoms with Crippen molar-refractivity contribution in [1.82, 2.24) is 4.90 Å². The number of nitrogens with zero attached hydrogens (tertiary/aromatic N) is 1. The lowest BCUT2D eigenvalue weighted by Crippen LogP contribution is -2.39. The highest BCUT2D eigenvalue weighted by atomic mass is 35.5. The van der Waals surface area contributed by atoms with Gasteiger partial charge in [-0.2, -0.15) is 0 Å². The maximum absolute atomic E-state index is 11.9. The Labute approximate surface area is 149 Å². The molecule has 6 nitrogen and oxygen atoms in total. The number of benzene rings is 1. The minimum atomic E-state index is -0.655. The van der Waals surface area contributed by atoms with Gasteiger partial charge in [0.2, 0.25) is 5.91 Å². The molecule has 8 heteroatoms. The van der Waals surface area contributed by atoms with Crippen molar-refractivity contribution in [3.63, 3.8) is 0 Å². The molecule has 1 saturated heterocycles. The Morgan fingerprint density at radius 1 is 1.39 bits per heavy atom. The lowest BCUT2D eigenvalue weighted by molar-refractivity contribution is -0.118. The standard InChI is InChI=1S/C15H23N3O3.2ClH/c1-20-11-14(16)15(19)17-13-4-2-3-12(9-13)10-18-5-7-21-8-6-18;;/h2-4,9,14H,5-8,10-11,16H2,1H3,(H,17,19);2*1H. The van der Waals surface area contributed by atoms with Crippen molar-refractivity contribution in [2.24, 2.45) is 5.73 Å². The molecule has 0 radical (unpaired) electrons. The molecule has 132 valence electrons. The average Bonchev–Trinajstić information content (AvgIpc) is 2.49. The smallest absolute Gasteiger partial charge is 0.243 e. The molecule has 1 fully saturated rings. The lowest BCUT2D eigenvalue weighted by Gasteiger charge is -2.26. The van der Waals surface area contributed by atoms with Gasteiger partial charge in [0, 0.05) is 32.4 Å². The summed E-state index contributed by atoms with van der Waals surface area (Å²) in [6, 6.07) is 7.18. The summed E-state index contributed by atoms with van der Waals surface area (Å²) in [5, 5.41) is 2.82. The summed E-state index contributed by atoms with van der Waals surface area (Å²) in [4.78, 5) is 14.2. The first-order valence-electron chi connectivity index (χ1n) is 7.13. The molecule has 1 heterocycles. The number of halogens is 2. The summed E-state index contributed by atoms with van der Waals surface area (Å²) in [6.45, 7) is 4.51. The molecule has 1 aromatic rings. The number of rotatable bonds is 6. The predicted octanol–water partition coefficient (Wildman–Crippen LogP) is 1.27. The summed E-state index contributed by atoms with van der Waals surface area (Å²) in [7, 11) is 1.52. The van der Waals surface area contributed by atoms with Gasteiger partial charge in [-0.05, 0) is 17.7 Å². The van der Waals surface area contributed by atoms with Crippen molar-refractivity contribution >= 4 is 36.4 Å². The second-order valence-corrected chi connectivity index (χ2v) is 5.14. The number of amides is 1. The number of hydrogen-bond donors (Lipinski definition) is 2. The fourth-order valence-corrected chi connectivity index (χ4v) is 2.26. The normalized spacial score (nSPS) is 15.9. The van der Waals surface area contributed by atoms with E-state index in [1.54, 1.807) is 0 Å². The van der Waals surface area contributed by atoms with E-state index >= 15 is 0 Å². The van der Waals surface area contributed by atoms with Crippen LogP contribution in [0.5, 0.6) is 0 Å². The summed E-state index contributed by atoms with van der Waals surface area (Å²) >= 11 is 0. The largest absolute Gasteiger partial charge is 0.383 e. The third-order valence-corrected chi connectivity index (χ3v) is 3.39. The maximum Gasteiger partial charge on any atom is 0.243 e. The Bertz CT molecular complexity index is 471. The Morgan fingerprint density at radius 2 is 2.09 bits per heavy atom. The van der Waals surface area contributed by atoms with E-state index in [2.05, 4.69) is 16.3 Å². The molecule has 1 atom stereocenters. The summed E-state index contributed by atoms with van der Waals surface area (Å²) in [5.41, 5.74) is 7.63. The molecule has 1 unspecified atom stereocenters. The van der Waals surface area contributed by atoms with E-state index in [4.69, 9.17) is 15.2 Å². The van der Waals surface area contributed by atoms with Gasteiger partial charge in [-0.15, -0.1) is 24.8 Å². The highest BCUT2D eigenvalue weighted by molar-refractivity contribution is 5.94. The van der Waals surface area contributed by atoms with Crippen LogP contribution < -0.4 is 11.1 Å². The van der Waals surface area contributed by atoms with E-state index in [0.717, 1.165) is 44.1 Å². The van der Waals surface area contributed by atoms with E-state index in [1.807, 2.05) is 18.2 Å². The van der Waals surface area contributed by atoms with E-state index in [9.17, 15) is 4.79 Å². The van der Waals surface area contributed by atoms with Crippen LogP contribution in [0.1, 0.15) is 5.56 Å². The van der Waals surface area contributed by atoms with Gasteiger partial charge in [-0.1, -0.05) is 12.1 Å². The molecule has 0 aromatic heterocycles. The number of nitrogens with one attached hydrogen (secondary N) is 1. The number of methoxy groups -OCH3 is 1. The van der Waals surface area contributed by atoms with Gasteiger partial charge in [0.15, 0.2) is 0 Å². The van der Waals surface area contributed by atoms with Crippen LogP contribution in [-0.2, 0) is 20.8 Å². The van der Waals surface area contributed by atoms with Crippen LogP contribution in [0.2, 0.25) is 0 Å². The minimum Gasteiger partial charge on any atom is -0.383 e. The molecule has 1 aromatic carbocycles. The van der Waals surface area contributed by atoms with E-state index in [0.29, 0.717) is 0 Å². The van der Waals surface area contributed by atoms with Crippen LogP contribution in [0.15, 0.2) is 24.3 Å². The Balaban J connectivity index is 0.00000242. The van der Waals surface area contributed by atoms with Crippen LogP contribution in [0.4, 0.5) is 5.69 Å². The first-order valence-corrected chi connectivity index (χ1v) is 7.13. The molecule has 23 heavy (non-hydrogen) atoms. The number of nitrogens with two attached hydrogens (primary N) is 1. The van der Waals surface area contributed by atoms with Gasteiger partial charge >= 0.3 is 0 Å². The van der Waals surface area contributed by atoms with Crippen LogP contribution >= 0.6 is 24.8 Å². The predicted molar refractivity (Wildman–Crippen MR) is 95.5 cm³/mol. The highest BCUT2D eigenvalue weighted by Gasteiger charge is 2.14. The monoisotopic (exact) mass is 365 g/mol. The molecule has 0 aliphatic carbocycles. The molecule has 1 aliphatic rings. The molecular weight excluding hydrogens is 341 g/mol. The number of hydrogen-bond acceptors (Lipinski definition) is 5. The number of ether oxygens (including phenoxy) is 2. The van der Waals surface area contributed by atoms with Crippen molar-refractivity contribution in [2.75, 3.05) is 45.3 Å². The Kier molecular flexibility index (Phi) is 11.2. The zero-order valence-electron chi connectivity index (χ0n) is 13.2. The topological polar surface area (TPSA) is 76.8 Å². The van der Waals surface area contributed by atoms with Gasteiger partial charge in [-0.25, -0.2) is 0 Å². The van der Waals surface area contributed by atoms with Crippen LogP contribution in [-0.4, -0.2) is 56.9 Å². The van der Waals surface area contributed by atoms with Crippen molar-refractivity contribution in [3.8, 4) is 0 Å². The SMILES string of the molecule is COCC(N)C(=O)Nc1cccc(CN2CCOCC2)c1.Cl.Cl. The quantitative estimate of drug-likeness (QED) is 0.793. The first-order chi connectivity index (χ1) is 10.2. The number of anilines is 1. The third kappa shape index (κ3) is 7.48. The van der Waals surface area contributed by atoms with Crippen molar-refractivity contribution in [1.29, 1.82) is 0 Å². The Hall–Kier alpha value is -0.890. The zero-order valence-corrected chi connectivity index (χ0v) is 14.8. The summed E-state index contributed by atoms with van der Waals surface area (Å²) < 4.78 is 10.2. The first kappa shape index (κ1) is 22.1. The lowest BCUT2D eigenvalue weighted by atomic mass is 10.1. The zero-order chi connectivity index (χ0) is 15.1. The van der Waals surface area contributed by atoms with Crippen LogP contribution in [0.25, 0.3) is 0 Å². The third-order valence-electron chi connectivity index (χ3n) is 3.39. The molecule has 0 saturated carbocycles. The van der Waals surface area contributed by atoms with E-state index in [1.165, 1.54) is 7.11 Å². The number of carbonyl (C=O) groups excluding carboxylic acids is 1. The number of carbonyl (C=O) groups is 1. The summed E-state index contributed by atoms with van der Waals surface area (Å²) in [5.74, 6) is -0.236. The van der Waals surface area contributed by atoms with Crippen LogP contribution in [0, 0.1) is 0 Å². The molecule has 1 amide bonds. The molecule has 2 rings (SSSR count). The van der Waals surface area contributed by atoms with Gasteiger partial charge in [-0.3, -0.25) is 9.69 Å². The van der Waals surface area contributed by atoms with Crippen molar-refractivity contribution in [2.45, 2.75) is 12.6 Å². The molecule has 3 N–H and O–H groups in total. The van der Waals surface area contributed by atoms with Gasteiger partial charge < -0.3 is 20.5 Å². The molecule has 1 aliphatic heterocycles. The second-order valence-electron chi connectivity index (χ2n) is 5.14. The van der Waals surface area contributed by atoms with Crippen molar-refractivity contribution < 1.29 is 14.3 Å². The van der Waals surface area contributed by atoms with E-state index in [-0.39, 0.29) is 37.3 Å². The molecular formula is C15H25Cl2N3O3. The molecule has 0 spiro atoms. The fraction of sp³-hybridized carbons (Fsp3) is 0.533. The fourth-order valence-electron chi connectivity index (χ4n) is 2.26. The van der Waals surface area contributed by atoms with Gasteiger partial charge in [0.05, 0.1) is 19.8 Å². The summed E-state index contributed by atoms with van der Waals surface area (Å²) in [6.07, 6.45) is 0. The Morgan fingerprint density at radius 3 is 2.74 bits per heavy atom. The minimum absolute atomic E-state index is 0. The molecule has 0 bridgehead atoms. The highest BCUT2D eigenvalue weighted by Crippen LogP contribution is 2.13. The van der Waals surface area contributed by atoms with Gasteiger partial charge in [0.1, 0.15) is 6.04 Å². The average molecular weight is 366 g/mol.